The first kappa shape index (κ1) is 12.4. The van der Waals surface area contributed by atoms with Crippen molar-refractivity contribution in [1.29, 1.82) is 0 Å². The van der Waals surface area contributed by atoms with Crippen LogP contribution in [0.3, 0.4) is 0 Å². The van der Waals surface area contributed by atoms with E-state index in [2.05, 4.69) is 25.7 Å². The second-order valence-electron chi connectivity index (χ2n) is 3.71. The van der Waals surface area contributed by atoms with Crippen LogP contribution in [-0.4, -0.2) is 11.2 Å². The summed E-state index contributed by atoms with van der Waals surface area (Å²) < 4.78 is 0. The van der Waals surface area contributed by atoms with Crippen molar-refractivity contribution in [3.05, 3.63) is 24.8 Å². The lowest BCUT2D eigenvalue weighted by atomic mass is 10.0. The minimum atomic E-state index is -0.187. The molecule has 0 bridgehead atoms. The molecule has 1 nitrogen and oxygen atoms in total. The molecular formula is C12H22O. The molecule has 0 saturated heterocycles. The molecule has 13 heavy (non-hydrogen) atoms. The van der Waals surface area contributed by atoms with Crippen molar-refractivity contribution in [2.45, 2.75) is 45.6 Å². The van der Waals surface area contributed by atoms with Crippen molar-refractivity contribution in [1.82, 2.24) is 0 Å². The number of aliphatic hydroxyl groups is 1. The third kappa shape index (κ3) is 9.35. The van der Waals surface area contributed by atoms with E-state index in [1.54, 1.807) is 0 Å². The third-order valence-corrected chi connectivity index (χ3v) is 1.96. The molecule has 0 radical (unpaired) electrons. The Balaban J connectivity index is 3.41. The molecule has 0 spiro atoms. The maximum absolute atomic E-state index is 9.12. The van der Waals surface area contributed by atoms with E-state index in [0.29, 0.717) is 5.92 Å². The molecule has 0 fully saturated rings. The molecule has 0 aliphatic carbocycles. The molecule has 1 N–H and O–H groups in total. The van der Waals surface area contributed by atoms with Gasteiger partial charge in [0.25, 0.3) is 0 Å². The average Bonchev–Trinajstić information content (AvgIpc) is 2.02. The van der Waals surface area contributed by atoms with Crippen LogP contribution >= 0.6 is 0 Å². The van der Waals surface area contributed by atoms with E-state index in [1.807, 2.05) is 13.0 Å². The largest absolute Gasteiger partial charge is 0.393 e. The minimum Gasteiger partial charge on any atom is -0.393 e. The first-order valence-corrected chi connectivity index (χ1v) is 5.12. The Morgan fingerprint density at radius 1 is 1.31 bits per heavy atom. The van der Waals surface area contributed by atoms with Crippen molar-refractivity contribution >= 4 is 0 Å². The number of aliphatic hydroxyl groups excluding tert-OH is 1. The molecule has 0 saturated carbocycles. The fourth-order valence-electron chi connectivity index (χ4n) is 1.33. The standard InChI is InChI=1S/C12H22O/c1-4-5-6-7-8-9-11(2)10-12(3)13/h4,8-9,11-13H,1,5-7,10H2,2-3H3/b9-8+/t11-,12+/m0/s1. The Morgan fingerprint density at radius 2 is 2.00 bits per heavy atom. The highest BCUT2D eigenvalue weighted by molar-refractivity contribution is 4.87. The monoisotopic (exact) mass is 182 g/mol. The van der Waals surface area contributed by atoms with Gasteiger partial charge in [0, 0.05) is 0 Å². The van der Waals surface area contributed by atoms with Crippen LogP contribution in [0, 0.1) is 5.92 Å². The van der Waals surface area contributed by atoms with Crippen LogP contribution in [-0.2, 0) is 0 Å². The van der Waals surface area contributed by atoms with Crippen molar-refractivity contribution in [2.24, 2.45) is 5.92 Å². The summed E-state index contributed by atoms with van der Waals surface area (Å²) in [5.74, 6) is 0.490. The predicted octanol–water partition coefficient (Wildman–Crippen LogP) is 3.31. The molecular weight excluding hydrogens is 160 g/mol. The first-order valence-electron chi connectivity index (χ1n) is 5.12. The number of rotatable bonds is 7. The molecule has 76 valence electrons. The highest BCUT2D eigenvalue weighted by atomic mass is 16.3. The van der Waals surface area contributed by atoms with Gasteiger partial charge in [-0.25, -0.2) is 0 Å². The van der Waals surface area contributed by atoms with Crippen LogP contribution in [0.5, 0.6) is 0 Å². The second-order valence-corrected chi connectivity index (χ2v) is 3.71. The Bertz CT molecular complexity index is 147. The maximum atomic E-state index is 9.12. The quantitative estimate of drug-likeness (QED) is 0.473. The lowest BCUT2D eigenvalue weighted by molar-refractivity contribution is 0.172. The van der Waals surface area contributed by atoms with Gasteiger partial charge in [0.1, 0.15) is 0 Å². The normalized spacial score (nSPS) is 15.9. The molecule has 0 aliphatic rings. The van der Waals surface area contributed by atoms with E-state index in [1.165, 1.54) is 6.42 Å². The lowest BCUT2D eigenvalue weighted by Gasteiger charge is -2.07. The zero-order valence-electron chi connectivity index (χ0n) is 8.87. The van der Waals surface area contributed by atoms with Gasteiger partial charge in [0.15, 0.2) is 0 Å². The third-order valence-electron chi connectivity index (χ3n) is 1.96. The van der Waals surface area contributed by atoms with E-state index >= 15 is 0 Å². The molecule has 0 unspecified atom stereocenters. The molecule has 0 aromatic rings. The van der Waals surface area contributed by atoms with E-state index in [0.717, 1.165) is 19.3 Å². The predicted molar refractivity (Wildman–Crippen MR) is 58.6 cm³/mol. The molecule has 0 heterocycles. The van der Waals surface area contributed by atoms with E-state index in [9.17, 15) is 0 Å². The fraction of sp³-hybridized carbons (Fsp3) is 0.667. The average molecular weight is 182 g/mol. The maximum Gasteiger partial charge on any atom is 0.0517 e. The van der Waals surface area contributed by atoms with Crippen molar-refractivity contribution < 1.29 is 5.11 Å². The summed E-state index contributed by atoms with van der Waals surface area (Å²) in [5.41, 5.74) is 0. The molecule has 0 aromatic heterocycles. The van der Waals surface area contributed by atoms with Crippen LogP contribution in [0.25, 0.3) is 0 Å². The molecule has 0 aliphatic heterocycles. The van der Waals surface area contributed by atoms with Crippen LogP contribution < -0.4 is 0 Å². The van der Waals surface area contributed by atoms with Crippen LogP contribution in [0.4, 0.5) is 0 Å². The summed E-state index contributed by atoms with van der Waals surface area (Å²) in [4.78, 5) is 0. The van der Waals surface area contributed by atoms with E-state index < -0.39 is 0 Å². The van der Waals surface area contributed by atoms with E-state index in [4.69, 9.17) is 5.11 Å². The van der Waals surface area contributed by atoms with Crippen molar-refractivity contribution in [3.8, 4) is 0 Å². The van der Waals surface area contributed by atoms with Gasteiger partial charge in [0.2, 0.25) is 0 Å². The van der Waals surface area contributed by atoms with Crippen LogP contribution in [0.2, 0.25) is 0 Å². The highest BCUT2D eigenvalue weighted by Gasteiger charge is 2.00. The Hall–Kier alpha value is -0.560. The molecule has 1 heteroatoms. The summed E-state index contributed by atoms with van der Waals surface area (Å²) in [6.07, 6.45) is 10.4. The number of hydrogen-bond donors (Lipinski definition) is 1. The zero-order valence-corrected chi connectivity index (χ0v) is 8.87. The van der Waals surface area contributed by atoms with Gasteiger partial charge in [-0.05, 0) is 38.5 Å². The van der Waals surface area contributed by atoms with E-state index in [-0.39, 0.29) is 6.10 Å². The summed E-state index contributed by atoms with van der Waals surface area (Å²) in [5, 5.41) is 9.12. The number of unbranched alkanes of at least 4 members (excludes halogenated alkanes) is 2. The van der Waals surface area contributed by atoms with Gasteiger partial charge < -0.3 is 5.11 Å². The summed E-state index contributed by atoms with van der Waals surface area (Å²) in [6, 6.07) is 0. The highest BCUT2D eigenvalue weighted by Crippen LogP contribution is 2.08. The Morgan fingerprint density at radius 3 is 2.54 bits per heavy atom. The van der Waals surface area contributed by atoms with Gasteiger partial charge in [-0.2, -0.15) is 0 Å². The van der Waals surface area contributed by atoms with Gasteiger partial charge in [-0.15, -0.1) is 6.58 Å². The fourth-order valence-corrected chi connectivity index (χ4v) is 1.33. The van der Waals surface area contributed by atoms with Crippen LogP contribution in [0.1, 0.15) is 39.5 Å². The van der Waals surface area contributed by atoms with Crippen LogP contribution in [0.15, 0.2) is 24.8 Å². The molecule has 0 aromatic carbocycles. The molecule has 0 amide bonds. The van der Waals surface area contributed by atoms with Gasteiger partial charge >= 0.3 is 0 Å². The first-order chi connectivity index (χ1) is 6.16. The van der Waals surface area contributed by atoms with Gasteiger partial charge in [0.05, 0.1) is 6.10 Å². The topological polar surface area (TPSA) is 20.2 Å². The van der Waals surface area contributed by atoms with Crippen molar-refractivity contribution in [3.63, 3.8) is 0 Å². The smallest absolute Gasteiger partial charge is 0.0517 e. The van der Waals surface area contributed by atoms with Crippen molar-refractivity contribution in [2.75, 3.05) is 0 Å². The van der Waals surface area contributed by atoms with Gasteiger partial charge in [-0.1, -0.05) is 25.2 Å². The van der Waals surface area contributed by atoms with Gasteiger partial charge in [-0.3, -0.25) is 0 Å². The SMILES string of the molecule is C=CCCC/C=C/[C@H](C)C[C@@H](C)O. The Labute approximate surface area is 82.2 Å². The summed E-state index contributed by atoms with van der Waals surface area (Å²) >= 11 is 0. The summed E-state index contributed by atoms with van der Waals surface area (Å²) in [6.45, 7) is 7.65. The number of hydrogen-bond acceptors (Lipinski definition) is 1. The number of allylic oxidation sites excluding steroid dienone is 3. The minimum absolute atomic E-state index is 0.187. The summed E-state index contributed by atoms with van der Waals surface area (Å²) in [7, 11) is 0. The lowest BCUT2D eigenvalue weighted by Crippen LogP contribution is -2.04. The Kier molecular flexibility index (Phi) is 7.71. The zero-order chi connectivity index (χ0) is 10.1. The second kappa shape index (κ2) is 8.06. The molecule has 2 atom stereocenters. The molecule has 0 rings (SSSR count).